The molecule has 4 nitrogen and oxygen atoms in total. The Morgan fingerprint density at radius 1 is 1.67 bits per heavy atom. The zero-order valence-electron chi connectivity index (χ0n) is 8.58. The molecule has 0 aliphatic heterocycles. The van der Waals surface area contributed by atoms with E-state index in [2.05, 4.69) is 26.2 Å². The Morgan fingerprint density at radius 3 is 2.60 bits per heavy atom. The van der Waals surface area contributed by atoms with Crippen molar-refractivity contribution in [1.82, 2.24) is 4.98 Å². The van der Waals surface area contributed by atoms with Gasteiger partial charge in [0.05, 0.1) is 0 Å². The van der Waals surface area contributed by atoms with E-state index in [1.807, 2.05) is 19.2 Å². The van der Waals surface area contributed by atoms with Crippen LogP contribution < -0.4 is 5.32 Å². The summed E-state index contributed by atoms with van der Waals surface area (Å²) in [5.74, 6) is -0.834. The molecule has 1 heterocycles. The Kier molecular flexibility index (Phi) is 4.10. The fourth-order valence-corrected chi connectivity index (χ4v) is 2.54. The van der Waals surface area contributed by atoms with Crippen LogP contribution in [0, 0.1) is 0 Å². The van der Waals surface area contributed by atoms with Crippen LogP contribution in [0.4, 0.5) is 5.13 Å². The van der Waals surface area contributed by atoms with E-state index in [1.54, 1.807) is 0 Å². The van der Waals surface area contributed by atoms with Gasteiger partial charge in [-0.25, -0.2) is 9.78 Å². The number of hydrogen-bond acceptors (Lipinski definition) is 4. The minimum Gasteiger partial charge on any atom is -0.480 e. The summed E-state index contributed by atoms with van der Waals surface area (Å²) >= 11 is 4.62. The number of rotatable bonds is 5. The molecule has 0 saturated heterocycles. The van der Waals surface area contributed by atoms with Crippen LogP contribution in [0.25, 0.3) is 0 Å². The molecule has 0 saturated carbocycles. The van der Waals surface area contributed by atoms with E-state index in [0.29, 0.717) is 18.0 Å². The van der Waals surface area contributed by atoms with Crippen LogP contribution in [0.2, 0.25) is 0 Å². The second-order valence-electron chi connectivity index (χ2n) is 3.19. The van der Waals surface area contributed by atoms with Gasteiger partial charge in [-0.1, -0.05) is 13.8 Å². The molecule has 0 amide bonds. The van der Waals surface area contributed by atoms with Gasteiger partial charge in [0.1, 0.15) is 10.1 Å². The minimum absolute atomic E-state index is 0.524. The Morgan fingerprint density at radius 2 is 2.27 bits per heavy atom. The number of aromatic nitrogens is 1. The third-order valence-corrected chi connectivity index (χ3v) is 3.91. The van der Waals surface area contributed by atoms with Crippen molar-refractivity contribution in [1.29, 1.82) is 0 Å². The number of nitrogens with zero attached hydrogens (tertiary/aromatic N) is 1. The maximum atomic E-state index is 11.2. The molecule has 2 N–H and O–H groups in total. The maximum absolute atomic E-state index is 11.2. The topological polar surface area (TPSA) is 62.2 Å². The third-order valence-electron chi connectivity index (χ3n) is 2.44. The molecule has 0 atom stereocenters. The van der Waals surface area contributed by atoms with Crippen molar-refractivity contribution < 1.29 is 9.90 Å². The summed E-state index contributed by atoms with van der Waals surface area (Å²) < 4.78 is 0.724. The normalized spacial score (nSPS) is 11.4. The molecular formula is C9H13BrN2O2S. The number of aliphatic carboxylic acids is 1. The fourth-order valence-electron chi connectivity index (χ4n) is 1.30. The van der Waals surface area contributed by atoms with Gasteiger partial charge in [-0.3, -0.25) is 0 Å². The van der Waals surface area contributed by atoms with Crippen LogP contribution in [0.1, 0.15) is 26.7 Å². The van der Waals surface area contributed by atoms with Crippen LogP contribution in [-0.4, -0.2) is 21.6 Å². The number of hydrogen-bond donors (Lipinski definition) is 2. The number of carboxylic acid groups (broad SMARTS) is 1. The lowest BCUT2D eigenvalue weighted by Crippen LogP contribution is -2.45. The molecule has 0 spiro atoms. The number of halogens is 1. The molecule has 15 heavy (non-hydrogen) atoms. The van der Waals surface area contributed by atoms with Crippen LogP contribution in [-0.2, 0) is 4.79 Å². The second kappa shape index (κ2) is 4.94. The Bertz CT molecular complexity index is 350. The number of anilines is 1. The number of thiazole rings is 1. The van der Waals surface area contributed by atoms with Crippen LogP contribution in [0.5, 0.6) is 0 Å². The summed E-state index contributed by atoms with van der Waals surface area (Å²) in [6.45, 7) is 3.71. The largest absolute Gasteiger partial charge is 0.480 e. The van der Waals surface area contributed by atoms with E-state index in [4.69, 9.17) is 0 Å². The molecule has 6 heteroatoms. The van der Waals surface area contributed by atoms with Gasteiger partial charge in [0.2, 0.25) is 0 Å². The Labute approximate surface area is 101 Å². The summed E-state index contributed by atoms with van der Waals surface area (Å²) in [6.07, 6.45) is 1.05. The van der Waals surface area contributed by atoms with E-state index in [9.17, 15) is 9.90 Å². The summed E-state index contributed by atoms with van der Waals surface area (Å²) in [5.41, 5.74) is -0.905. The van der Waals surface area contributed by atoms with Crippen molar-refractivity contribution in [3.63, 3.8) is 0 Å². The first-order valence-corrected chi connectivity index (χ1v) is 6.34. The monoisotopic (exact) mass is 292 g/mol. The molecule has 1 aromatic heterocycles. The van der Waals surface area contributed by atoms with E-state index in [1.165, 1.54) is 11.3 Å². The van der Waals surface area contributed by atoms with Gasteiger partial charge in [-0.2, -0.15) is 0 Å². The minimum atomic E-state index is -0.905. The highest BCUT2D eigenvalue weighted by atomic mass is 79.9. The predicted molar refractivity (Wildman–Crippen MR) is 64.4 cm³/mol. The van der Waals surface area contributed by atoms with Crippen molar-refractivity contribution in [3.05, 3.63) is 9.98 Å². The Balaban J connectivity index is 2.88. The first-order chi connectivity index (χ1) is 7.04. The van der Waals surface area contributed by atoms with Crippen molar-refractivity contribution in [2.24, 2.45) is 0 Å². The molecule has 0 aliphatic rings. The fraction of sp³-hybridized carbons (Fsp3) is 0.556. The zero-order chi connectivity index (χ0) is 11.5. The molecular weight excluding hydrogens is 280 g/mol. The molecule has 1 rings (SSSR count). The number of nitrogens with one attached hydrogen (secondary N) is 1. The highest BCUT2D eigenvalue weighted by molar-refractivity contribution is 9.10. The van der Waals surface area contributed by atoms with Gasteiger partial charge in [-0.05, 0) is 28.8 Å². The summed E-state index contributed by atoms with van der Waals surface area (Å²) in [6, 6.07) is 0. The lowest BCUT2D eigenvalue weighted by Gasteiger charge is -2.27. The van der Waals surface area contributed by atoms with Gasteiger partial charge in [0.25, 0.3) is 0 Å². The average Bonchev–Trinajstić information content (AvgIpc) is 2.60. The zero-order valence-corrected chi connectivity index (χ0v) is 11.0. The van der Waals surface area contributed by atoms with Gasteiger partial charge >= 0.3 is 5.97 Å². The first kappa shape index (κ1) is 12.4. The number of carbonyl (C=O) groups is 1. The molecule has 0 radical (unpaired) electrons. The summed E-state index contributed by atoms with van der Waals surface area (Å²) in [4.78, 5) is 15.3. The van der Waals surface area contributed by atoms with Crippen molar-refractivity contribution >= 4 is 38.4 Å². The molecule has 0 aliphatic carbocycles. The SMILES string of the molecule is CCC(CC)(Nc1nc(Br)cs1)C(=O)O. The molecule has 1 aromatic rings. The second-order valence-corrected chi connectivity index (χ2v) is 4.87. The highest BCUT2D eigenvalue weighted by Crippen LogP contribution is 2.26. The number of carboxylic acids is 1. The van der Waals surface area contributed by atoms with Gasteiger partial charge < -0.3 is 10.4 Å². The third kappa shape index (κ3) is 2.69. The summed E-state index contributed by atoms with van der Waals surface area (Å²) in [5, 5.41) is 14.6. The van der Waals surface area contributed by atoms with E-state index >= 15 is 0 Å². The van der Waals surface area contributed by atoms with E-state index < -0.39 is 11.5 Å². The quantitative estimate of drug-likeness (QED) is 0.876. The van der Waals surface area contributed by atoms with Gasteiger partial charge in [0, 0.05) is 5.38 Å². The van der Waals surface area contributed by atoms with Crippen molar-refractivity contribution in [2.75, 3.05) is 5.32 Å². The maximum Gasteiger partial charge on any atom is 0.329 e. The van der Waals surface area contributed by atoms with Crippen molar-refractivity contribution in [3.8, 4) is 0 Å². The standard InChI is InChI=1S/C9H13BrN2O2S/c1-3-9(4-2,7(13)14)12-8-11-6(10)5-15-8/h5H,3-4H2,1-2H3,(H,11,12)(H,13,14). The first-order valence-electron chi connectivity index (χ1n) is 4.66. The average molecular weight is 293 g/mol. The van der Waals surface area contributed by atoms with Gasteiger partial charge in [0.15, 0.2) is 5.13 Å². The van der Waals surface area contributed by atoms with Crippen LogP contribution in [0.3, 0.4) is 0 Å². The highest BCUT2D eigenvalue weighted by Gasteiger charge is 2.35. The lowest BCUT2D eigenvalue weighted by molar-refractivity contribution is -0.142. The van der Waals surface area contributed by atoms with E-state index in [0.717, 1.165) is 4.60 Å². The van der Waals surface area contributed by atoms with Gasteiger partial charge in [-0.15, -0.1) is 11.3 Å². The van der Waals surface area contributed by atoms with Crippen molar-refractivity contribution in [2.45, 2.75) is 32.2 Å². The van der Waals surface area contributed by atoms with Crippen LogP contribution >= 0.6 is 27.3 Å². The molecule has 0 unspecified atom stereocenters. The van der Waals surface area contributed by atoms with Crippen LogP contribution in [0.15, 0.2) is 9.98 Å². The molecule has 0 aromatic carbocycles. The smallest absolute Gasteiger partial charge is 0.329 e. The Hall–Kier alpha value is -0.620. The predicted octanol–water partition coefficient (Wildman–Crippen LogP) is 2.96. The molecule has 0 fully saturated rings. The lowest BCUT2D eigenvalue weighted by atomic mass is 9.93. The summed E-state index contributed by atoms with van der Waals surface area (Å²) in [7, 11) is 0. The molecule has 84 valence electrons. The van der Waals surface area contributed by atoms with E-state index in [-0.39, 0.29) is 0 Å². The molecule has 0 bridgehead atoms.